The molecule has 1 aliphatic rings. The van der Waals surface area contributed by atoms with Crippen LogP contribution >= 0.6 is 11.6 Å². The number of amides is 2. The minimum Gasteiger partial charge on any atom is -0.357 e. The van der Waals surface area contributed by atoms with Gasteiger partial charge in [-0.1, -0.05) is 34.6 Å². The van der Waals surface area contributed by atoms with Gasteiger partial charge in [0.15, 0.2) is 6.17 Å². The van der Waals surface area contributed by atoms with Gasteiger partial charge in [-0.05, 0) is 44.2 Å². The number of nitrogens with one attached hydrogen (secondary N) is 1. The molecule has 174 valence electrons. The summed E-state index contributed by atoms with van der Waals surface area (Å²) in [6.07, 6.45) is 1.95. The van der Waals surface area contributed by atoms with Crippen molar-refractivity contribution in [1.82, 2.24) is 15.2 Å². The second kappa shape index (κ2) is 11.2. The number of hydrogen-bond donors (Lipinski definition) is 1. The van der Waals surface area contributed by atoms with Gasteiger partial charge in [-0.25, -0.2) is 9.18 Å². The number of aliphatic imine (C=N–C) groups is 1. The third-order valence-electron chi connectivity index (χ3n) is 5.80. The summed E-state index contributed by atoms with van der Waals surface area (Å²) in [7, 11) is 0. The minimum absolute atomic E-state index is 0.0569. The highest BCUT2D eigenvalue weighted by Gasteiger charge is 2.47. The molecule has 0 aromatic carbocycles. The van der Waals surface area contributed by atoms with Crippen LogP contribution in [0.2, 0.25) is 0 Å². The molecule has 1 aromatic rings. The van der Waals surface area contributed by atoms with Crippen molar-refractivity contribution in [3.8, 4) is 0 Å². The molecule has 2 unspecified atom stereocenters. The summed E-state index contributed by atoms with van der Waals surface area (Å²) in [6.45, 7) is 15.1. The molecule has 1 aliphatic heterocycles. The number of halogens is 2. The summed E-state index contributed by atoms with van der Waals surface area (Å²) >= 11 is 5.97. The number of carbonyl (C=O) groups is 1. The number of carbonyl (C=O) groups excluding carboxylic acids is 1. The summed E-state index contributed by atoms with van der Waals surface area (Å²) in [5.74, 6) is 0.775. The Morgan fingerprint density at radius 2 is 2.00 bits per heavy atom. The van der Waals surface area contributed by atoms with Crippen LogP contribution in [0.4, 0.5) is 14.9 Å². The molecule has 2 heterocycles. The van der Waals surface area contributed by atoms with Crippen molar-refractivity contribution in [2.45, 2.75) is 97.5 Å². The van der Waals surface area contributed by atoms with E-state index >= 15 is 0 Å². The van der Waals surface area contributed by atoms with Crippen LogP contribution in [0.5, 0.6) is 0 Å². The highest BCUT2D eigenvalue weighted by atomic mass is 35.5. The fourth-order valence-electron chi connectivity index (χ4n) is 3.84. The number of hydrogen-bond acceptors (Lipinski definition) is 3. The third-order valence-corrected chi connectivity index (χ3v) is 6.16. The van der Waals surface area contributed by atoms with Crippen LogP contribution in [-0.4, -0.2) is 52.2 Å². The topological polar surface area (TPSA) is 60.8 Å². The number of alkyl halides is 2. The van der Waals surface area contributed by atoms with E-state index in [1.807, 2.05) is 33.8 Å². The number of amidine groups is 1. The number of nitrogens with zero attached hydrogens (tertiary/aromatic N) is 4. The normalized spacial score (nSPS) is 22.3. The molecule has 1 fully saturated rings. The molecule has 0 radical (unpaired) electrons. The summed E-state index contributed by atoms with van der Waals surface area (Å²) in [6, 6.07) is 1.59. The zero-order valence-corrected chi connectivity index (χ0v) is 20.6. The molecular formula is C23H37ClFN5O. The average Bonchev–Trinajstić information content (AvgIpc) is 2.75. The van der Waals surface area contributed by atoms with Gasteiger partial charge in [-0.3, -0.25) is 15.2 Å². The largest absolute Gasteiger partial charge is 0.357 e. The first kappa shape index (κ1) is 25.5. The number of aromatic nitrogens is 1. The Bertz CT molecular complexity index is 787. The first-order valence-corrected chi connectivity index (χ1v) is 11.8. The molecule has 0 bridgehead atoms. The van der Waals surface area contributed by atoms with Crippen LogP contribution < -0.4 is 10.2 Å². The second-order valence-corrected chi connectivity index (χ2v) is 8.93. The van der Waals surface area contributed by atoms with E-state index in [0.717, 1.165) is 36.5 Å². The van der Waals surface area contributed by atoms with E-state index in [0.29, 0.717) is 12.1 Å². The fraction of sp³-hybridized carbons (Fsp3) is 0.696. The van der Waals surface area contributed by atoms with Crippen LogP contribution in [0.3, 0.4) is 0 Å². The molecule has 1 aromatic heterocycles. The van der Waals surface area contributed by atoms with Crippen molar-refractivity contribution in [2.75, 3.05) is 11.4 Å². The van der Waals surface area contributed by atoms with Gasteiger partial charge in [0.25, 0.3) is 0 Å². The minimum atomic E-state index is -1.40. The maximum atomic E-state index is 14.7. The molecule has 8 heteroatoms. The fourth-order valence-corrected chi connectivity index (χ4v) is 4.11. The van der Waals surface area contributed by atoms with Gasteiger partial charge >= 0.3 is 6.03 Å². The van der Waals surface area contributed by atoms with Gasteiger partial charge in [-0.15, -0.1) is 11.6 Å². The summed E-state index contributed by atoms with van der Waals surface area (Å²) in [5, 5.41) is 2.93. The first-order valence-electron chi connectivity index (χ1n) is 11.3. The van der Waals surface area contributed by atoms with Crippen LogP contribution in [0.15, 0.2) is 17.3 Å². The molecule has 0 spiro atoms. The number of rotatable bonds is 8. The van der Waals surface area contributed by atoms with E-state index in [4.69, 9.17) is 11.6 Å². The summed E-state index contributed by atoms with van der Waals surface area (Å²) in [4.78, 5) is 26.2. The Morgan fingerprint density at radius 3 is 2.48 bits per heavy atom. The van der Waals surface area contributed by atoms with Gasteiger partial charge in [0, 0.05) is 25.2 Å². The molecule has 2 rings (SSSR count). The van der Waals surface area contributed by atoms with Crippen molar-refractivity contribution >= 4 is 29.2 Å². The Kier molecular flexibility index (Phi) is 9.25. The zero-order chi connectivity index (χ0) is 23.3. The Hall–Kier alpha value is -1.73. The molecule has 1 N–H and O–H groups in total. The van der Waals surface area contributed by atoms with E-state index < -0.39 is 23.9 Å². The monoisotopic (exact) mass is 453 g/mol. The number of anilines is 1. The van der Waals surface area contributed by atoms with E-state index in [1.54, 1.807) is 6.20 Å². The highest BCUT2D eigenvalue weighted by molar-refractivity contribution is 6.21. The first-order chi connectivity index (χ1) is 14.7. The highest BCUT2D eigenvalue weighted by Crippen LogP contribution is 2.35. The number of urea groups is 1. The standard InChI is InChI=1S/C23H37ClFN5O/c1-8-13-29(16(7)9-2)17(10-3)27-23(31)30(22-18(25)21(24)28-22)20-15(6)11-12-26-19(20)14(4)5/h11-12,14,16,18,21-22,28H,8-10,13H2,1-7H3/b27-17+/t16-,18?,21?,22-/m0/s1. The van der Waals surface area contributed by atoms with Gasteiger partial charge < -0.3 is 4.90 Å². The molecule has 4 atom stereocenters. The van der Waals surface area contributed by atoms with E-state index in [1.165, 1.54) is 4.90 Å². The predicted octanol–water partition coefficient (Wildman–Crippen LogP) is 5.59. The van der Waals surface area contributed by atoms with Crippen LogP contribution in [0.1, 0.15) is 78.0 Å². The Morgan fingerprint density at radius 1 is 1.32 bits per heavy atom. The average molecular weight is 454 g/mol. The van der Waals surface area contributed by atoms with Gasteiger partial charge in [0.1, 0.15) is 17.5 Å². The Labute approximate surface area is 191 Å². The van der Waals surface area contributed by atoms with Crippen molar-refractivity contribution in [3.63, 3.8) is 0 Å². The quantitative estimate of drug-likeness (QED) is 0.241. The predicted molar refractivity (Wildman–Crippen MR) is 127 cm³/mol. The summed E-state index contributed by atoms with van der Waals surface area (Å²) < 4.78 is 14.7. The number of pyridine rings is 1. The molecule has 6 nitrogen and oxygen atoms in total. The molecular weight excluding hydrogens is 417 g/mol. The smallest absolute Gasteiger partial charge is 0.351 e. The lowest BCUT2D eigenvalue weighted by Gasteiger charge is -2.44. The van der Waals surface area contributed by atoms with Crippen molar-refractivity contribution in [3.05, 3.63) is 23.5 Å². The van der Waals surface area contributed by atoms with Crippen LogP contribution in [0.25, 0.3) is 0 Å². The summed E-state index contributed by atoms with van der Waals surface area (Å²) in [5.41, 5.74) is 1.36. The maximum absolute atomic E-state index is 14.7. The zero-order valence-electron chi connectivity index (χ0n) is 19.8. The van der Waals surface area contributed by atoms with Gasteiger partial charge in [0.05, 0.1) is 11.4 Å². The lowest BCUT2D eigenvalue weighted by molar-refractivity contribution is 0.132. The third kappa shape index (κ3) is 5.55. The van der Waals surface area contributed by atoms with Crippen molar-refractivity contribution in [2.24, 2.45) is 4.99 Å². The molecule has 2 amide bonds. The molecule has 0 aliphatic carbocycles. The Balaban J connectivity index is 2.55. The van der Waals surface area contributed by atoms with Crippen LogP contribution in [0, 0.1) is 6.92 Å². The van der Waals surface area contributed by atoms with E-state index in [2.05, 4.69) is 41.0 Å². The lowest BCUT2D eigenvalue weighted by atomic mass is 10.0. The molecule has 0 saturated carbocycles. The van der Waals surface area contributed by atoms with Gasteiger partial charge in [-0.2, -0.15) is 4.99 Å². The maximum Gasteiger partial charge on any atom is 0.351 e. The number of aryl methyl sites for hydroxylation is 1. The lowest BCUT2D eigenvalue weighted by Crippen LogP contribution is -2.69. The SMILES string of the molecule is CCCN(/C(CC)=N/C(=O)N(c1c(C)ccnc1C(C)C)[C@@H]1NC(Cl)C1F)[C@@H](C)CC. The van der Waals surface area contributed by atoms with E-state index in [9.17, 15) is 9.18 Å². The van der Waals surface area contributed by atoms with Crippen LogP contribution in [-0.2, 0) is 0 Å². The van der Waals surface area contributed by atoms with Crippen molar-refractivity contribution < 1.29 is 9.18 Å². The van der Waals surface area contributed by atoms with Crippen molar-refractivity contribution in [1.29, 1.82) is 0 Å². The van der Waals surface area contributed by atoms with Gasteiger partial charge in [0.2, 0.25) is 0 Å². The second-order valence-electron chi connectivity index (χ2n) is 8.46. The molecule has 31 heavy (non-hydrogen) atoms. The molecule has 1 saturated heterocycles. The van der Waals surface area contributed by atoms with E-state index in [-0.39, 0.29) is 12.0 Å².